The van der Waals surface area contributed by atoms with E-state index in [1.807, 2.05) is 38.1 Å². The third kappa shape index (κ3) is 3.24. The summed E-state index contributed by atoms with van der Waals surface area (Å²) in [5.41, 5.74) is 22.1. The van der Waals surface area contributed by atoms with Crippen LogP contribution in [0.25, 0.3) is 0 Å². The minimum atomic E-state index is 0.112. The van der Waals surface area contributed by atoms with Crippen molar-refractivity contribution in [3.8, 4) is 0 Å². The molecule has 21 heavy (non-hydrogen) atoms. The van der Waals surface area contributed by atoms with Gasteiger partial charge in [0.25, 0.3) is 0 Å². The fourth-order valence-corrected chi connectivity index (χ4v) is 1.97. The zero-order valence-electron chi connectivity index (χ0n) is 12.2. The van der Waals surface area contributed by atoms with Crippen molar-refractivity contribution < 1.29 is 0 Å². The zero-order chi connectivity index (χ0) is 15.6. The van der Waals surface area contributed by atoms with Gasteiger partial charge in [0.05, 0.1) is 22.7 Å². The topological polar surface area (TPSA) is 120 Å². The van der Waals surface area contributed by atoms with Crippen LogP contribution < -0.4 is 28.1 Å². The van der Waals surface area contributed by atoms with Crippen LogP contribution in [0, 0.1) is 13.8 Å². The number of hydrogen-bond donors (Lipinski definition) is 4. The Hall–Kier alpha value is -2.73. The molecule has 2 aromatic carbocycles. The van der Waals surface area contributed by atoms with E-state index in [9.17, 15) is 0 Å². The lowest BCUT2D eigenvalue weighted by molar-refractivity contribution is 1.11. The van der Waals surface area contributed by atoms with Crippen LogP contribution in [-0.4, -0.2) is 5.96 Å². The van der Waals surface area contributed by atoms with Crippen LogP contribution in [-0.2, 0) is 0 Å². The minimum Gasteiger partial charge on any atom is -0.397 e. The number of nitrogens with zero attached hydrogens (tertiary/aromatic N) is 2. The standard InChI is InChI=1S/C15H20N6/c1-9-3-5-13(11(16)7-9)20-15(18)21(19)14-6-4-10(2)8-12(14)17/h3-8H,16-17,19H2,1-2H3,(H2,18,20). The smallest absolute Gasteiger partial charge is 0.215 e. The fraction of sp³-hybridized carbons (Fsp3) is 0.133. The zero-order valence-corrected chi connectivity index (χ0v) is 12.2. The van der Waals surface area contributed by atoms with Crippen molar-refractivity contribution in [2.75, 3.05) is 16.5 Å². The highest BCUT2D eigenvalue weighted by atomic mass is 15.5. The molecule has 2 aromatic rings. The second-order valence-electron chi connectivity index (χ2n) is 4.96. The maximum Gasteiger partial charge on any atom is 0.215 e. The van der Waals surface area contributed by atoms with Gasteiger partial charge in [0, 0.05) is 0 Å². The first-order valence-corrected chi connectivity index (χ1v) is 6.49. The summed E-state index contributed by atoms with van der Waals surface area (Å²) in [7, 11) is 0. The van der Waals surface area contributed by atoms with Crippen LogP contribution >= 0.6 is 0 Å². The molecule has 0 radical (unpaired) electrons. The van der Waals surface area contributed by atoms with Crippen LogP contribution in [0.15, 0.2) is 41.4 Å². The molecule has 0 amide bonds. The van der Waals surface area contributed by atoms with Gasteiger partial charge in [-0.05, 0) is 49.2 Å². The number of benzene rings is 2. The molecule has 0 aliphatic rings. The molecule has 2 rings (SSSR count). The quantitative estimate of drug-likeness (QED) is 0.220. The van der Waals surface area contributed by atoms with Gasteiger partial charge in [-0.15, -0.1) is 0 Å². The van der Waals surface area contributed by atoms with Gasteiger partial charge in [0.1, 0.15) is 0 Å². The van der Waals surface area contributed by atoms with Gasteiger partial charge in [-0.2, -0.15) is 0 Å². The molecule has 110 valence electrons. The van der Waals surface area contributed by atoms with Crippen LogP contribution in [0.5, 0.6) is 0 Å². The van der Waals surface area contributed by atoms with Gasteiger partial charge in [-0.25, -0.2) is 15.8 Å². The van der Waals surface area contributed by atoms with Crippen molar-refractivity contribution in [2.24, 2.45) is 16.6 Å². The summed E-state index contributed by atoms with van der Waals surface area (Å²) in [6, 6.07) is 11.0. The molecular weight excluding hydrogens is 264 g/mol. The highest BCUT2D eigenvalue weighted by molar-refractivity contribution is 5.98. The number of guanidine groups is 1. The molecule has 0 aromatic heterocycles. The molecule has 0 saturated carbocycles. The third-order valence-corrected chi connectivity index (χ3v) is 3.11. The lowest BCUT2D eigenvalue weighted by Gasteiger charge is -2.19. The van der Waals surface area contributed by atoms with Crippen molar-refractivity contribution in [2.45, 2.75) is 13.8 Å². The van der Waals surface area contributed by atoms with E-state index >= 15 is 0 Å². The number of rotatable bonds is 2. The lowest BCUT2D eigenvalue weighted by Crippen LogP contribution is -2.43. The summed E-state index contributed by atoms with van der Waals surface area (Å²) < 4.78 is 0. The maximum atomic E-state index is 5.97. The Morgan fingerprint density at radius 1 is 0.952 bits per heavy atom. The van der Waals surface area contributed by atoms with Crippen molar-refractivity contribution in [3.63, 3.8) is 0 Å². The summed E-state index contributed by atoms with van der Waals surface area (Å²) in [4.78, 5) is 4.25. The van der Waals surface area contributed by atoms with E-state index in [0.29, 0.717) is 22.7 Å². The number of hydrazine groups is 1. The molecule has 0 unspecified atom stereocenters. The molecule has 8 N–H and O–H groups in total. The van der Waals surface area contributed by atoms with Crippen molar-refractivity contribution in [1.29, 1.82) is 0 Å². The summed E-state index contributed by atoms with van der Waals surface area (Å²) in [6.45, 7) is 3.90. The largest absolute Gasteiger partial charge is 0.397 e. The van der Waals surface area contributed by atoms with Crippen LogP contribution in [0.3, 0.4) is 0 Å². The van der Waals surface area contributed by atoms with Crippen molar-refractivity contribution in [3.05, 3.63) is 47.5 Å². The first-order chi connectivity index (χ1) is 9.88. The van der Waals surface area contributed by atoms with Crippen molar-refractivity contribution >= 4 is 28.7 Å². The number of nitrogen functional groups attached to an aromatic ring is 2. The number of nitrogens with two attached hydrogens (primary N) is 4. The maximum absolute atomic E-state index is 5.97. The molecule has 0 aliphatic carbocycles. The average Bonchev–Trinajstić information content (AvgIpc) is 2.41. The predicted octanol–water partition coefficient (Wildman–Crippen LogP) is 1.79. The molecule has 6 heteroatoms. The summed E-state index contributed by atoms with van der Waals surface area (Å²) in [5.74, 6) is 6.09. The number of anilines is 3. The predicted molar refractivity (Wildman–Crippen MR) is 89.1 cm³/mol. The Bertz CT molecular complexity index is 693. The van der Waals surface area contributed by atoms with E-state index in [2.05, 4.69) is 4.99 Å². The first kappa shape index (κ1) is 14.7. The van der Waals surface area contributed by atoms with Crippen LogP contribution in [0.4, 0.5) is 22.7 Å². The van der Waals surface area contributed by atoms with Gasteiger partial charge in [0.2, 0.25) is 5.96 Å². The molecule has 0 aliphatic heterocycles. The Labute approximate surface area is 124 Å². The second kappa shape index (κ2) is 5.72. The normalized spacial score (nSPS) is 11.5. The first-order valence-electron chi connectivity index (χ1n) is 6.49. The number of aryl methyl sites for hydroxylation is 2. The second-order valence-corrected chi connectivity index (χ2v) is 4.96. The molecule has 0 bridgehead atoms. The van der Waals surface area contributed by atoms with E-state index in [1.165, 1.54) is 5.01 Å². The van der Waals surface area contributed by atoms with Gasteiger partial charge in [-0.3, -0.25) is 0 Å². The Morgan fingerprint density at radius 3 is 2.10 bits per heavy atom. The van der Waals surface area contributed by atoms with Crippen LogP contribution in [0.2, 0.25) is 0 Å². The van der Waals surface area contributed by atoms with E-state index < -0.39 is 0 Å². The SMILES string of the molecule is Cc1ccc(N=C(N)N(N)c2ccc(C)cc2N)c(N)c1. The number of aliphatic imine (C=N–C) groups is 1. The molecule has 6 nitrogen and oxygen atoms in total. The molecular formula is C15H20N6. The van der Waals surface area contributed by atoms with Crippen LogP contribution in [0.1, 0.15) is 11.1 Å². The van der Waals surface area contributed by atoms with Gasteiger partial charge < -0.3 is 17.2 Å². The molecule has 0 heterocycles. The Morgan fingerprint density at radius 2 is 1.52 bits per heavy atom. The lowest BCUT2D eigenvalue weighted by atomic mass is 10.2. The molecule has 0 saturated heterocycles. The Kier molecular flexibility index (Phi) is 4.00. The van der Waals surface area contributed by atoms with E-state index in [0.717, 1.165) is 11.1 Å². The fourth-order valence-electron chi connectivity index (χ4n) is 1.97. The van der Waals surface area contributed by atoms with E-state index in [1.54, 1.807) is 12.1 Å². The van der Waals surface area contributed by atoms with Gasteiger partial charge in [0.15, 0.2) is 0 Å². The van der Waals surface area contributed by atoms with E-state index in [-0.39, 0.29) is 5.96 Å². The highest BCUT2D eigenvalue weighted by Crippen LogP contribution is 2.25. The van der Waals surface area contributed by atoms with Gasteiger partial charge >= 0.3 is 0 Å². The van der Waals surface area contributed by atoms with Gasteiger partial charge in [-0.1, -0.05) is 12.1 Å². The molecule has 0 spiro atoms. The van der Waals surface area contributed by atoms with E-state index in [4.69, 9.17) is 23.0 Å². The molecule has 0 fully saturated rings. The summed E-state index contributed by atoms with van der Waals surface area (Å²) in [6.07, 6.45) is 0. The van der Waals surface area contributed by atoms with Crippen molar-refractivity contribution in [1.82, 2.24) is 0 Å². The number of hydrogen-bond acceptors (Lipinski definition) is 4. The third-order valence-electron chi connectivity index (χ3n) is 3.11. The summed E-state index contributed by atoms with van der Waals surface area (Å²) in [5, 5.41) is 1.24. The summed E-state index contributed by atoms with van der Waals surface area (Å²) >= 11 is 0. The Balaban J connectivity index is 2.33. The minimum absolute atomic E-state index is 0.112. The monoisotopic (exact) mass is 284 g/mol. The molecule has 0 atom stereocenters. The highest BCUT2D eigenvalue weighted by Gasteiger charge is 2.10. The average molecular weight is 284 g/mol.